The predicted molar refractivity (Wildman–Crippen MR) is 151 cm³/mol. The number of hydrogen-bond donors (Lipinski definition) is 2. The van der Waals surface area contributed by atoms with Crippen LogP contribution in [0.4, 0.5) is 0 Å². The summed E-state index contributed by atoms with van der Waals surface area (Å²) in [5, 5.41) is 5.95. The molecule has 1 spiro atoms. The average Bonchev–Trinajstić information content (AvgIpc) is 3.43. The van der Waals surface area contributed by atoms with Crippen molar-refractivity contribution < 1.29 is 14.3 Å². The van der Waals surface area contributed by atoms with Crippen LogP contribution in [0.1, 0.15) is 50.3 Å². The number of pyridine rings is 1. The molecule has 2 amide bonds. The second-order valence-electron chi connectivity index (χ2n) is 10.8. The van der Waals surface area contributed by atoms with Crippen LogP contribution in [-0.2, 0) is 22.6 Å². The van der Waals surface area contributed by atoms with Gasteiger partial charge in [0.15, 0.2) is 0 Å². The van der Waals surface area contributed by atoms with Gasteiger partial charge in [-0.25, -0.2) is 0 Å². The third-order valence-electron chi connectivity index (χ3n) is 8.18. The monoisotopic (exact) mass is 529 g/mol. The standard InChI is InChI=1S/C31H39N5O3/c1-24-29(37)33-18-22-39-28-10-3-2-7-25(28)8-4-5-13-31(30(38)34-24)14-20-35(21-15-31)23-27-9-6-19-36(27)26-11-16-32-17-12-26/h2-3,6-7,9-12,16-17,19,24H,4-5,8,13-15,18,20-23H2,1H3,(H,33,37)(H,34,38)/t24-/m0/s1. The molecule has 3 aromatic rings. The van der Waals surface area contributed by atoms with Gasteiger partial charge in [0.25, 0.3) is 0 Å². The van der Waals surface area contributed by atoms with Crippen LogP contribution in [-0.4, -0.2) is 58.5 Å². The lowest BCUT2D eigenvalue weighted by Crippen LogP contribution is -2.53. The molecule has 1 fully saturated rings. The van der Waals surface area contributed by atoms with Gasteiger partial charge in [0, 0.05) is 36.5 Å². The number of ether oxygens (including phenoxy) is 1. The maximum absolute atomic E-state index is 13.7. The van der Waals surface area contributed by atoms with Crippen molar-refractivity contribution in [2.45, 2.75) is 58.0 Å². The SMILES string of the molecule is C[C@@H]1NC(=O)C2(CCCCc3ccccc3OCCNC1=O)CCN(Cc1cccn1-c1ccncc1)CC2. The van der Waals surface area contributed by atoms with Gasteiger partial charge < -0.3 is 19.9 Å². The van der Waals surface area contributed by atoms with E-state index in [1.54, 1.807) is 6.92 Å². The first-order valence-electron chi connectivity index (χ1n) is 14.1. The van der Waals surface area contributed by atoms with E-state index >= 15 is 0 Å². The van der Waals surface area contributed by atoms with E-state index in [-0.39, 0.29) is 11.8 Å². The number of carbonyl (C=O) groups excluding carboxylic acids is 2. The number of fused-ring (bicyclic) bond motifs is 1. The number of carbonyl (C=O) groups is 2. The molecule has 2 aliphatic heterocycles. The number of benzene rings is 1. The molecule has 5 rings (SSSR count). The Bertz CT molecular complexity index is 1250. The summed E-state index contributed by atoms with van der Waals surface area (Å²) in [7, 11) is 0. The maximum atomic E-state index is 13.7. The Kier molecular flexibility index (Phi) is 8.61. The van der Waals surface area contributed by atoms with Gasteiger partial charge in [-0.1, -0.05) is 24.6 Å². The molecule has 39 heavy (non-hydrogen) atoms. The lowest BCUT2D eigenvalue weighted by Gasteiger charge is -2.41. The zero-order valence-corrected chi connectivity index (χ0v) is 22.8. The number of likely N-dealkylation sites (tertiary alicyclic amines) is 1. The molecule has 8 heteroatoms. The summed E-state index contributed by atoms with van der Waals surface area (Å²) in [6.07, 6.45) is 10.9. The van der Waals surface area contributed by atoms with E-state index in [9.17, 15) is 9.59 Å². The number of nitrogens with zero attached hydrogens (tertiary/aromatic N) is 3. The normalized spacial score (nSPS) is 21.1. The summed E-state index contributed by atoms with van der Waals surface area (Å²) in [6, 6.07) is 15.8. The quantitative estimate of drug-likeness (QED) is 0.538. The number of hydrogen-bond acceptors (Lipinski definition) is 5. The zero-order valence-electron chi connectivity index (χ0n) is 22.8. The van der Waals surface area contributed by atoms with E-state index in [1.807, 2.05) is 42.7 Å². The molecule has 2 N–H and O–H groups in total. The van der Waals surface area contributed by atoms with Crippen LogP contribution in [0.25, 0.3) is 5.69 Å². The molecule has 0 aliphatic carbocycles. The first kappa shape index (κ1) is 26.9. The summed E-state index contributed by atoms with van der Waals surface area (Å²) in [6.45, 7) is 5.06. The van der Waals surface area contributed by atoms with Crippen LogP contribution in [0.2, 0.25) is 0 Å². The summed E-state index contributed by atoms with van der Waals surface area (Å²) in [5.74, 6) is 0.708. The van der Waals surface area contributed by atoms with Gasteiger partial charge in [0.05, 0.1) is 12.0 Å². The molecule has 2 aliphatic rings. The Morgan fingerprint density at radius 1 is 1.00 bits per heavy atom. The Labute approximate surface area is 230 Å². The van der Waals surface area contributed by atoms with Crippen molar-refractivity contribution in [3.63, 3.8) is 0 Å². The summed E-state index contributed by atoms with van der Waals surface area (Å²) < 4.78 is 8.16. The van der Waals surface area contributed by atoms with Crippen molar-refractivity contribution in [2.24, 2.45) is 5.41 Å². The summed E-state index contributed by atoms with van der Waals surface area (Å²) in [4.78, 5) is 33.0. The van der Waals surface area contributed by atoms with Crippen LogP contribution >= 0.6 is 0 Å². The van der Waals surface area contributed by atoms with Gasteiger partial charge >= 0.3 is 0 Å². The van der Waals surface area contributed by atoms with Crippen molar-refractivity contribution in [3.8, 4) is 11.4 Å². The molecule has 0 bridgehead atoms. The van der Waals surface area contributed by atoms with Crippen LogP contribution < -0.4 is 15.4 Å². The highest BCUT2D eigenvalue weighted by atomic mass is 16.5. The highest BCUT2D eigenvalue weighted by molar-refractivity contribution is 5.90. The van der Waals surface area contributed by atoms with Gasteiger partial charge in [-0.3, -0.25) is 19.5 Å². The minimum atomic E-state index is -0.589. The molecule has 0 unspecified atom stereocenters. The van der Waals surface area contributed by atoms with Crippen LogP contribution in [0.5, 0.6) is 5.75 Å². The van der Waals surface area contributed by atoms with Gasteiger partial charge in [0.2, 0.25) is 11.8 Å². The second kappa shape index (κ2) is 12.5. The van der Waals surface area contributed by atoms with E-state index in [2.05, 4.69) is 49.5 Å². The van der Waals surface area contributed by atoms with Gasteiger partial charge in [-0.15, -0.1) is 0 Å². The predicted octanol–water partition coefficient (Wildman–Crippen LogP) is 3.88. The molecular weight excluding hydrogens is 490 g/mol. The van der Waals surface area contributed by atoms with Crippen molar-refractivity contribution in [1.29, 1.82) is 0 Å². The van der Waals surface area contributed by atoms with Crippen molar-refractivity contribution >= 4 is 11.8 Å². The van der Waals surface area contributed by atoms with Crippen LogP contribution in [0.3, 0.4) is 0 Å². The van der Waals surface area contributed by atoms with Crippen molar-refractivity contribution in [1.82, 2.24) is 25.1 Å². The number of para-hydroxylation sites is 1. The van der Waals surface area contributed by atoms with E-state index in [1.165, 1.54) is 11.3 Å². The highest BCUT2D eigenvalue weighted by Crippen LogP contribution is 2.38. The molecule has 206 valence electrons. The summed E-state index contributed by atoms with van der Waals surface area (Å²) >= 11 is 0. The molecule has 0 saturated carbocycles. The summed E-state index contributed by atoms with van der Waals surface area (Å²) in [5.41, 5.74) is 3.03. The number of rotatable bonds is 3. The number of nitrogens with one attached hydrogen (secondary N) is 2. The highest BCUT2D eigenvalue weighted by Gasteiger charge is 2.41. The van der Waals surface area contributed by atoms with Gasteiger partial charge in [-0.05, 0) is 88.0 Å². The Hall–Kier alpha value is -3.65. The first-order valence-corrected chi connectivity index (χ1v) is 14.1. The molecular formula is C31H39N5O3. The fraction of sp³-hybridized carbons (Fsp3) is 0.452. The Balaban J connectivity index is 1.27. The topological polar surface area (TPSA) is 88.5 Å². The maximum Gasteiger partial charge on any atom is 0.242 e. The number of amides is 2. The Morgan fingerprint density at radius 3 is 2.62 bits per heavy atom. The fourth-order valence-corrected chi connectivity index (χ4v) is 5.79. The van der Waals surface area contributed by atoms with E-state index in [0.29, 0.717) is 13.2 Å². The molecule has 2 aromatic heterocycles. The molecule has 1 atom stereocenters. The lowest BCUT2D eigenvalue weighted by molar-refractivity contribution is -0.138. The second-order valence-corrected chi connectivity index (χ2v) is 10.8. The third-order valence-corrected chi connectivity index (χ3v) is 8.18. The Morgan fingerprint density at radius 2 is 1.79 bits per heavy atom. The van der Waals surface area contributed by atoms with Crippen LogP contribution in [0.15, 0.2) is 67.1 Å². The van der Waals surface area contributed by atoms with E-state index in [0.717, 1.165) is 69.6 Å². The van der Waals surface area contributed by atoms with Gasteiger partial charge in [-0.2, -0.15) is 0 Å². The number of aromatic nitrogens is 2. The van der Waals surface area contributed by atoms with Crippen LogP contribution in [0, 0.1) is 5.41 Å². The minimum absolute atomic E-state index is 0.0106. The zero-order chi connectivity index (χ0) is 27.1. The van der Waals surface area contributed by atoms with Crippen molar-refractivity contribution in [3.05, 3.63) is 78.4 Å². The molecule has 1 aromatic carbocycles. The molecule has 4 heterocycles. The average molecular weight is 530 g/mol. The lowest BCUT2D eigenvalue weighted by atomic mass is 9.73. The van der Waals surface area contributed by atoms with E-state index in [4.69, 9.17) is 4.74 Å². The first-order chi connectivity index (χ1) is 19.0. The third kappa shape index (κ3) is 6.50. The largest absolute Gasteiger partial charge is 0.491 e. The number of aryl methyl sites for hydroxylation is 1. The van der Waals surface area contributed by atoms with Gasteiger partial charge in [0.1, 0.15) is 18.4 Å². The smallest absolute Gasteiger partial charge is 0.242 e. The van der Waals surface area contributed by atoms with Crippen molar-refractivity contribution in [2.75, 3.05) is 26.2 Å². The minimum Gasteiger partial charge on any atom is -0.491 e. The fourth-order valence-electron chi connectivity index (χ4n) is 5.79. The molecule has 8 nitrogen and oxygen atoms in total. The van der Waals surface area contributed by atoms with E-state index < -0.39 is 11.5 Å². The molecule has 1 saturated heterocycles. The molecule has 0 radical (unpaired) electrons. The number of piperidine rings is 1.